The number of hydrogen-bond donors (Lipinski definition) is 1. The Morgan fingerprint density at radius 1 is 1.18 bits per heavy atom. The van der Waals surface area contributed by atoms with Gasteiger partial charge in [0.1, 0.15) is 18.2 Å². The monoisotopic (exact) mass is 525 g/mol. The topological polar surface area (TPSA) is 99.6 Å². The first-order chi connectivity index (χ1) is 18.4. The number of benzene rings is 1. The largest absolute Gasteiger partial charge is 0.461 e. The summed E-state index contributed by atoms with van der Waals surface area (Å²) in [5, 5.41) is 9.53. The van der Waals surface area contributed by atoms with Crippen LogP contribution in [0.3, 0.4) is 0 Å². The third-order valence-electron chi connectivity index (χ3n) is 8.07. The highest BCUT2D eigenvalue weighted by molar-refractivity contribution is 6.04. The molecule has 0 aromatic heterocycles. The number of rotatable bonds is 13. The van der Waals surface area contributed by atoms with Gasteiger partial charge in [-0.15, -0.1) is 6.58 Å². The second-order valence-electron chi connectivity index (χ2n) is 10.0. The summed E-state index contributed by atoms with van der Waals surface area (Å²) >= 11 is 0. The van der Waals surface area contributed by atoms with Gasteiger partial charge in [0.25, 0.3) is 5.91 Å². The van der Waals surface area contributed by atoms with Crippen molar-refractivity contribution in [1.29, 1.82) is 0 Å². The van der Waals surface area contributed by atoms with Crippen LogP contribution in [0.1, 0.15) is 33.1 Å². The van der Waals surface area contributed by atoms with Crippen LogP contribution in [0, 0.1) is 11.8 Å². The fraction of sp³-hybridized carbons (Fsp3) is 0.552. The molecule has 2 bridgehead atoms. The number of carbonyl (C=O) groups excluding carboxylic acids is 3. The molecule has 1 spiro atoms. The van der Waals surface area contributed by atoms with Gasteiger partial charge in [0.15, 0.2) is 0 Å². The van der Waals surface area contributed by atoms with Gasteiger partial charge >= 0.3 is 5.97 Å². The number of nitrogens with zero attached hydrogens (tertiary/aromatic N) is 3. The van der Waals surface area contributed by atoms with E-state index in [1.54, 1.807) is 11.0 Å². The lowest BCUT2D eigenvalue weighted by Gasteiger charge is -2.37. The Bertz CT molecular complexity index is 1050. The number of esters is 1. The van der Waals surface area contributed by atoms with Gasteiger partial charge in [0, 0.05) is 44.2 Å². The maximum atomic E-state index is 14.4. The molecule has 5 atom stereocenters. The third-order valence-corrected chi connectivity index (χ3v) is 8.07. The molecule has 1 N–H and O–H groups in total. The van der Waals surface area contributed by atoms with Crippen molar-refractivity contribution in [2.45, 2.75) is 50.9 Å². The van der Waals surface area contributed by atoms with Crippen molar-refractivity contribution in [2.75, 3.05) is 49.2 Å². The summed E-state index contributed by atoms with van der Waals surface area (Å²) < 4.78 is 11.8. The van der Waals surface area contributed by atoms with E-state index in [9.17, 15) is 19.5 Å². The lowest BCUT2D eigenvalue weighted by Crippen LogP contribution is -2.56. The Morgan fingerprint density at radius 3 is 2.47 bits per heavy atom. The molecule has 4 rings (SSSR count). The van der Waals surface area contributed by atoms with E-state index in [1.807, 2.05) is 24.3 Å². The van der Waals surface area contributed by atoms with Gasteiger partial charge in [0.2, 0.25) is 5.91 Å². The maximum Gasteiger partial charge on any atom is 0.312 e. The molecule has 3 saturated heterocycles. The molecule has 1 aromatic carbocycles. The zero-order valence-electron chi connectivity index (χ0n) is 22.4. The van der Waals surface area contributed by atoms with E-state index < -0.39 is 35.6 Å². The molecule has 2 unspecified atom stereocenters. The SMILES string of the molecule is C=CCOC(=O)[C@@H]1[C@H]2C(=O)N(CCCO)C(C(=O)N(CC=C)c3ccc(N(CC)CC)cc3)C23CC[C@H]1O3. The van der Waals surface area contributed by atoms with Crippen molar-refractivity contribution in [1.82, 2.24) is 4.90 Å². The van der Waals surface area contributed by atoms with Crippen LogP contribution in [0.2, 0.25) is 0 Å². The molecule has 0 aliphatic carbocycles. The summed E-state index contributed by atoms with van der Waals surface area (Å²) in [5.74, 6) is -2.65. The van der Waals surface area contributed by atoms with Crippen molar-refractivity contribution >= 4 is 29.2 Å². The van der Waals surface area contributed by atoms with Crippen LogP contribution in [0.5, 0.6) is 0 Å². The third kappa shape index (κ3) is 4.62. The fourth-order valence-corrected chi connectivity index (χ4v) is 6.45. The molecule has 38 heavy (non-hydrogen) atoms. The number of hydrogen-bond acceptors (Lipinski definition) is 7. The molecule has 2 amide bonds. The Hall–Kier alpha value is -3.17. The van der Waals surface area contributed by atoms with Crippen LogP contribution < -0.4 is 9.80 Å². The van der Waals surface area contributed by atoms with E-state index in [0.29, 0.717) is 24.9 Å². The predicted molar refractivity (Wildman–Crippen MR) is 145 cm³/mol. The van der Waals surface area contributed by atoms with Crippen LogP contribution in [-0.4, -0.2) is 84.9 Å². The Labute approximate surface area is 224 Å². The summed E-state index contributed by atoms with van der Waals surface area (Å²) in [6, 6.07) is 6.86. The van der Waals surface area contributed by atoms with Gasteiger partial charge in [-0.3, -0.25) is 14.4 Å². The molecule has 3 heterocycles. The molecule has 3 aliphatic heterocycles. The zero-order chi connectivity index (χ0) is 27.4. The zero-order valence-corrected chi connectivity index (χ0v) is 22.4. The Morgan fingerprint density at radius 2 is 1.87 bits per heavy atom. The highest BCUT2D eigenvalue weighted by Crippen LogP contribution is 2.58. The fourth-order valence-electron chi connectivity index (χ4n) is 6.45. The molecule has 9 heteroatoms. The van der Waals surface area contributed by atoms with E-state index in [1.165, 1.54) is 11.0 Å². The number of aliphatic hydroxyl groups excluding tert-OH is 1. The van der Waals surface area contributed by atoms with E-state index in [4.69, 9.17) is 9.47 Å². The normalized spacial score (nSPS) is 27.2. The predicted octanol–water partition coefficient (Wildman–Crippen LogP) is 2.54. The standard InChI is InChI=1S/C29H39N3O6/c1-5-16-31(21-12-10-20(11-13-21)30(7-3)8-4)27(35)25-29-15-14-22(38-29)23(28(36)37-19-6-2)24(29)26(34)32(25)17-9-18-33/h5-6,10-13,22-25,33H,1-2,7-9,14-19H2,3-4H3/t22-,23+,24+,25?,29?/m1/s1. The molecule has 9 nitrogen and oxygen atoms in total. The quantitative estimate of drug-likeness (QED) is 0.312. The molecule has 0 radical (unpaired) electrons. The second-order valence-corrected chi connectivity index (χ2v) is 10.0. The van der Waals surface area contributed by atoms with Crippen molar-refractivity contribution in [3.8, 4) is 0 Å². The number of amides is 2. The summed E-state index contributed by atoms with van der Waals surface area (Å²) in [7, 11) is 0. The van der Waals surface area contributed by atoms with Gasteiger partial charge in [-0.1, -0.05) is 18.7 Å². The first-order valence-corrected chi connectivity index (χ1v) is 13.5. The molecule has 3 fully saturated rings. The first kappa shape index (κ1) is 27.9. The lowest BCUT2D eigenvalue weighted by molar-refractivity contribution is -0.154. The van der Waals surface area contributed by atoms with Gasteiger partial charge in [0.05, 0.1) is 17.9 Å². The van der Waals surface area contributed by atoms with Crippen LogP contribution in [0.4, 0.5) is 11.4 Å². The molecule has 0 saturated carbocycles. The summed E-state index contributed by atoms with van der Waals surface area (Å²) in [4.78, 5) is 46.5. The van der Waals surface area contributed by atoms with Gasteiger partial charge in [-0.2, -0.15) is 0 Å². The van der Waals surface area contributed by atoms with Crippen LogP contribution in [0.15, 0.2) is 49.6 Å². The van der Waals surface area contributed by atoms with E-state index in [-0.39, 0.29) is 38.1 Å². The number of ether oxygens (including phenoxy) is 2. The molecule has 1 aromatic rings. The van der Waals surface area contributed by atoms with E-state index in [0.717, 1.165) is 18.8 Å². The summed E-state index contributed by atoms with van der Waals surface area (Å²) in [5.41, 5.74) is 0.629. The minimum atomic E-state index is -1.12. The van der Waals surface area contributed by atoms with Crippen molar-refractivity contribution in [3.05, 3.63) is 49.6 Å². The summed E-state index contributed by atoms with van der Waals surface area (Å²) in [6.07, 6.45) is 4.04. The van der Waals surface area contributed by atoms with Crippen molar-refractivity contribution < 1.29 is 29.0 Å². The second kappa shape index (κ2) is 11.7. The average Bonchev–Trinajstić information content (AvgIpc) is 3.57. The number of fused-ring (bicyclic) bond motifs is 1. The Kier molecular flexibility index (Phi) is 8.57. The molecular formula is C29H39N3O6. The smallest absolute Gasteiger partial charge is 0.312 e. The van der Waals surface area contributed by atoms with Crippen molar-refractivity contribution in [3.63, 3.8) is 0 Å². The van der Waals surface area contributed by atoms with Gasteiger partial charge in [-0.25, -0.2) is 0 Å². The number of likely N-dealkylation sites (tertiary alicyclic amines) is 1. The Balaban J connectivity index is 1.70. The van der Waals surface area contributed by atoms with Crippen LogP contribution >= 0.6 is 0 Å². The lowest BCUT2D eigenvalue weighted by atomic mass is 9.70. The number of aliphatic hydroxyl groups is 1. The van der Waals surface area contributed by atoms with Gasteiger partial charge in [-0.05, 0) is 57.4 Å². The molecule has 3 aliphatic rings. The first-order valence-electron chi connectivity index (χ1n) is 13.5. The minimum absolute atomic E-state index is 0.0448. The number of anilines is 2. The van der Waals surface area contributed by atoms with E-state index >= 15 is 0 Å². The number of carbonyl (C=O) groups is 3. The van der Waals surface area contributed by atoms with Crippen LogP contribution in [0.25, 0.3) is 0 Å². The molecular weight excluding hydrogens is 486 g/mol. The highest BCUT2D eigenvalue weighted by atomic mass is 16.6. The van der Waals surface area contributed by atoms with E-state index in [2.05, 4.69) is 31.9 Å². The highest BCUT2D eigenvalue weighted by Gasteiger charge is 2.75. The summed E-state index contributed by atoms with van der Waals surface area (Å²) in [6.45, 7) is 13.7. The maximum absolute atomic E-state index is 14.4. The molecule has 206 valence electrons. The van der Waals surface area contributed by atoms with Gasteiger partial charge < -0.3 is 29.3 Å². The average molecular weight is 526 g/mol. The van der Waals surface area contributed by atoms with Crippen molar-refractivity contribution in [2.24, 2.45) is 11.8 Å². The van der Waals surface area contributed by atoms with Crippen LogP contribution in [-0.2, 0) is 23.9 Å². The minimum Gasteiger partial charge on any atom is -0.461 e.